The lowest BCUT2D eigenvalue weighted by atomic mass is 10.2. The van der Waals surface area contributed by atoms with Gasteiger partial charge in [0.25, 0.3) is 0 Å². The number of halogens is 6. The summed E-state index contributed by atoms with van der Waals surface area (Å²) in [5, 5.41) is 10.3. The van der Waals surface area contributed by atoms with Crippen LogP contribution in [0.15, 0.2) is 70.9 Å². The Morgan fingerprint density at radius 3 is 1.70 bits per heavy atom. The number of aromatic nitrogens is 2. The van der Waals surface area contributed by atoms with E-state index in [0.29, 0.717) is 24.0 Å². The average molecular weight is 515 g/mol. The van der Waals surface area contributed by atoms with Crippen molar-refractivity contribution in [3.8, 4) is 0 Å². The van der Waals surface area contributed by atoms with Gasteiger partial charge in [-0.2, -0.15) is 20.2 Å². The SMILES string of the molecule is Fc1ccc(F)c(C=NNc2cc(Nc3ccccc3)nc(NN=Cc3c(F)ccc(F)c3F)n2)c1F. The Balaban J connectivity index is 1.59. The van der Waals surface area contributed by atoms with Crippen LogP contribution in [0.1, 0.15) is 11.1 Å². The summed E-state index contributed by atoms with van der Waals surface area (Å²) in [6.07, 6.45) is 1.43. The molecule has 3 aromatic carbocycles. The third-order valence-corrected chi connectivity index (χ3v) is 4.66. The molecule has 7 nitrogen and oxygen atoms in total. The fraction of sp³-hybridized carbons (Fsp3) is 0. The van der Waals surface area contributed by atoms with E-state index >= 15 is 0 Å². The van der Waals surface area contributed by atoms with Crippen LogP contribution in [0.4, 0.5) is 49.6 Å². The molecule has 0 bridgehead atoms. The molecular weight excluding hydrogens is 500 g/mol. The molecular formula is C24H15F6N7. The number of rotatable bonds is 8. The first kappa shape index (κ1) is 25.2. The molecule has 0 aliphatic carbocycles. The van der Waals surface area contributed by atoms with Crippen LogP contribution in [0.5, 0.6) is 0 Å². The fourth-order valence-electron chi connectivity index (χ4n) is 2.93. The van der Waals surface area contributed by atoms with Crippen molar-refractivity contribution in [2.24, 2.45) is 10.2 Å². The highest BCUT2D eigenvalue weighted by atomic mass is 19.2. The smallest absolute Gasteiger partial charge is 0.247 e. The molecule has 1 aromatic heterocycles. The minimum Gasteiger partial charge on any atom is -0.340 e. The van der Waals surface area contributed by atoms with Gasteiger partial charge in [-0.25, -0.2) is 31.8 Å². The number of benzene rings is 3. The van der Waals surface area contributed by atoms with E-state index in [-0.39, 0.29) is 17.6 Å². The number of para-hydroxylation sites is 1. The Kier molecular flexibility index (Phi) is 7.62. The minimum absolute atomic E-state index is 0.0114. The Bertz CT molecular complexity index is 1390. The molecule has 0 radical (unpaired) electrons. The second-order valence-electron chi connectivity index (χ2n) is 7.21. The van der Waals surface area contributed by atoms with Crippen molar-refractivity contribution in [1.82, 2.24) is 9.97 Å². The standard InChI is InChI=1S/C24H15F6N7/c25-16-6-8-18(27)22(29)14(16)11-31-36-21-10-20(33-13-4-2-1-3-5-13)34-24(35-21)37-32-12-15-17(26)7-9-19(28)23(15)30/h1-12H,(H3,33,34,35,36,37). The number of nitrogens with zero attached hydrogens (tertiary/aromatic N) is 4. The van der Waals surface area contributed by atoms with Gasteiger partial charge in [0.1, 0.15) is 17.5 Å². The molecule has 0 aliphatic rings. The van der Waals surface area contributed by atoms with Crippen molar-refractivity contribution < 1.29 is 26.3 Å². The van der Waals surface area contributed by atoms with Crippen LogP contribution in [-0.2, 0) is 0 Å². The second kappa shape index (κ2) is 11.2. The summed E-state index contributed by atoms with van der Waals surface area (Å²) in [7, 11) is 0. The highest BCUT2D eigenvalue weighted by Crippen LogP contribution is 2.20. The molecule has 0 saturated heterocycles. The van der Waals surface area contributed by atoms with E-state index in [1.54, 1.807) is 30.3 Å². The molecule has 0 atom stereocenters. The maximum atomic E-state index is 13.8. The summed E-state index contributed by atoms with van der Waals surface area (Å²) in [6, 6.07) is 12.9. The van der Waals surface area contributed by atoms with Crippen molar-refractivity contribution in [2.75, 3.05) is 16.2 Å². The van der Waals surface area contributed by atoms with Crippen LogP contribution in [0, 0.1) is 34.9 Å². The average Bonchev–Trinajstić information content (AvgIpc) is 2.88. The third-order valence-electron chi connectivity index (χ3n) is 4.66. The maximum Gasteiger partial charge on any atom is 0.247 e. The second-order valence-corrected chi connectivity index (χ2v) is 7.21. The first-order valence-corrected chi connectivity index (χ1v) is 10.4. The number of anilines is 4. The van der Waals surface area contributed by atoms with Gasteiger partial charge in [0.05, 0.1) is 23.6 Å². The van der Waals surface area contributed by atoms with Crippen molar-refractivity contribution in [3.63, 3.8) is 0 Å². The maximum absolute atomic E-state index is 13.8. The largest absolute Gasteiger partial charge is 0.340 e. The molecule has 37 heavy (non-hydrogen) atoms. The van der Waals surface area contributed by atoms with E-state index < -0.39 is 46.0 Å². The minimum atomic E-state index is -1.43. The zero-order valence-electron chi connectivity index (χ0n) is 18.5. The first-order valence-electron chi connectivity index (χ1n) is 10.4. The van der Waals surface area contributed by atoms with Crippen LogP contribution < -0.4 is 16.2 Å². The van der Waals surface area contributed by atoms with Crippen molar-refractivity contribution >= 4 is 35.7 Å². The molecule has 188 valence electrons. The molecule has 0 aliphatic heterocycles. The zero-order valence-corrected chi connectivity index (χ0v) is 18.5. The van der Waals surface area contributed by atoms with Crippen LogP contribution in [0.25, 0.3) is 0 Å². The molecule has 0 amide bonds. The topological polar surface area (TPSA) is 86.6 Å². The van der Waals surface area contributed by atoms with Crippen molar-refractivity contribution in [1.29, 1.82) is 0 Å². The summed E-state index contributed by atoms with van der Waals surface area (Å²) in [6.45, 7) is 0. The summed E-state index contributed by atoms with van der Waals surface area (Å²) in [4.78, 5) is 8.20. The van der Waals surface area contributed by atoms with E-state index in [2.05, 4.69) is 36.3 Å². The van der Waals surface area contributed by atoms with Crippen LogP contribution in [0.2, 0.25) is 0 Å². The van der Waals surface area contributed by atoms with Gasteiger partial charge in [0.2, 0.25) is 5.95 Å². The first-order chi connectivity index (χ1) is 17.8. The predicted molar refractivity (Wildman–Crippen MR) is 127 cm³/mol. The van der Waals surface area contributed by atoms with Crippen LogP contribution >= 0.6 is 0 Å². The van der Waals surface area contributed by atoms with Gasteiger partial charge in [-0.1, -0.05) is 18.2 Å². The highest BCUT2D eigenvalue weighted by molar-refractivity contribution is 5.81. The Morgan fingerprint density at radius 1 is 0.595 bits per heavy atom. The predicted octanol–water partition coefficient (Wildman–Crippen LogP) is 5.95. The van der Waals surface area contributed by atoms with Gasteiger partial charge in [-0.3, -0.25) is 5.43 Å². The molecule has 4 aromatic rings. The van der Waals surface area contributed by atoms with Gasteiger partial charge < -0.3 is 5.32 Å². The van der Waals surface area contributed by atoms with E-state index in [1.807, 2.05) is 0 Å². The lowest BCUT2D eigenvalue weighted by Gasteiger charge is -2.09. The Hall–Kier alpha value is -4.94. The third kappa shape index (κ3) is 6.20. The number of nitrogens with one attached hydrogen (secondary N) is 3. The lowest BCUT2D eigenvalue weighted by molar-refractivity contribution is 0.493. The Labute approximate surface area is 205 Å². The molecule has 0 spiro atoms. The molecule has 4 rings (SSSR count). The molecule has 0 fully saturated rings. The van der Waals surface area contributed by atoms with Crippen LogP contribution in [-0.4, -0.2) is 22.4 Å². The van der Waals surface area contributed by atoms with E-state index in [0.717, 1.165) is 18.3 Å². The summed E-state index contributed by atoms with van der Waals surface area (Å²) >= 11 is 0. The van der Waals surface area contributed by atoms with Gasteiger partial charge in [0, 0.05) is 11.8 Å². The summed E-state index contributed by atoms with van der Waals surface area (Å²) in [5.41, 5.74) is 3.98. The van der Waals surface area contributed by atoms with E-state index in [9.17, 15) is 26.3 Å². The number of hydrazone groups is 2. The molecule has 1 heterocycles. The van der Waals surface area contributed by atoms with E-state index in [4.69, 9.17) is 0 Å². The Morgan fingerprint density at radius 2 is 1.11 bits per heavy atom. The normalized spacial score (nSPS) is 11.3. The molecule has 0 saturated carbocycles. The quantitative estimate of drug-likeness (QED) is 0.117. The van der Waals surface area contributed by atoms with Gasteiger partial charge in [0.15, 0.2) is 29.1 Å². The molecule has 3 N–H and O–H groups in total. The molecule has 13 heteroatoms. The summed E-state index contributed by atoms with van der Waals surface area (Å²) in [5.74, 6) is -7.46. The van der Waals surface area contributed by atoms with E-state index in [1.165, 1.54) is 6.07 Å². The summed E-state index contributed by atoms with van der Waals surface area (Å²) < 4.78 is 82.1. The highest BCUT2D eigenvalue weighted by Gasteiger charge is 2.13. The van der Waals surface area contributed by atoms with Crippen molar-refractivity contribution in [2.45, 2.75) is 0 Å². The molecule has 0 unspecified atom stereocenters. The number of hydrogen-bond donors (Lipinski definition) is 3. The van der Waals surface area contributed by atoms with Crippen LogP contribution in [0.3, 0.4) is 0 Å². The number of hydrogen-bond acceptors (Lipinski definition) is 7. The lowest BCUT2D eigenvalue weighted by Crippen LogP contribution is -2.05. The monoisotopic (exact) mass is 515 g/mol. The van der Waals surface area contributed by atoms with Gasteiger partial charge in [-0.05, 0) is 36.4 Å². The van der Waals surface area contributed by atoms with Gasteiger partial charge in [-0.15, -0.1) is 0 Å². The fourth-order valence-corrected chi connectivity index (χ4v) is 2.93. The van der Waals surface area contributed by atoms with Gasteiger partial charge >= 0.3 is 0 Å². The zero-order chi connectivity index (χ0) is 26.4. The van der Waals surface area contributed by atoms with Crippen molar-refractivity contribution in [3.05, 3.63) is 107 Å².